The third-order valence-corrected chi connectivity index (χ3v) is 3.12. The highest BCUT2D eigenvalue weighted by Gasteiger charge is 2.16. The summed E-state index contributed by atoms with van der Waals surface area (Å²) in [6.07, 6.45) is 0. The molecule has 20 heavy (non-hydrogen) atoms. The van der Waals surface area contributed by atoms with E-state index in [4.69, 9.17) is 14.2 Å². The molecule has 0 radical (unpaired) electrons. The van der Waals surface area contributed by atoms with Gasteiger partial charge in [0, 0.05) is 18.7 Å². The minimum atomic E-state index is -0.200. The normalized spacial score (nSPS) is 12.1. The van der Waals surface area contributed by atoms with Gasteiger partial charge in [0.2, 0.25) is 0 Å². The van der Waals surface area contributed by atoms with Crippen LogP contribution in [-0.4, -0.2) is 45.8 Å². The Balaban J connectivity index is 2.73. The summed E-state index contributed by atoms with van der Waals surface area (Å²) in [5, 5.41) is 0. The van der Waals surface area contributed by atoms with Crippen molar-refractivity contribution in [2.75, 3.05) is 34.9 Å². The number of hydrogen-bond acceptors (Lipinski definition) is 5. The van der Waals surface area contributed by atoms with Crippen molar-refractivity contribution in [2.45, 2.75) is 13.5 Å². The number of rotatable bonds is 7. The van der Waals surface area contributed by atoms with Crippen LogP contribution in [0.1, 0.15) is 12.5 Å². The molecular weight excluding hydrogens is 258 g/mol. The Hall–Kier alpha value is -1.75. The zero-order valence-electron chi connectivity index (χ0n) is 12.8. The van der Waals surface area contributed by atoms with Gasteiger partial charge in [-0.1, -0.05) is 6.92 Å². The smallest absolute Gasteiger partial charge is 0.309 e. The standard InChI is InChI=1S/C15H23NO4/c1-11(15(17)20-5)9-16(2)10-12-8-13(18-3)6-7-14(12)19-4/h6-8,11H,9-10H2,1-5H3. The van der Waals surface area contributed by atoms with E-state index >= 15 is 0 Å². The van der Waals surface area contributed by atoms with Crippen LogP contribution >= 0.6 is 0 Å². The summed E-state index contributed by atoms with van der Waals surface area (Å²) >= 11 is 0. The van der Waals surface area contributed by atoms with Gasteiger partial charge >= 0.3 is 5.97 Å². The molecule has 0 aliphatic rings. The highest BCUT2D eigenvalue weighted by atomic mass is 16.5. The maximum Gasteiger partial charge on any atom is 0.309 e. The number of hydrogen-bond donors (Lipinski definition) is 0. The number of carbonyl (C=O) groups is 1. The summed E-state index contributed by atoms with van der Waals surface area (Å²) in [4.78, 5) is 13.5. The van der Waals surface area contributed by atoms with Crippen molar-refractivity contribution >= 4 is 5.97 Å². The van der Waals surface area contributed by atoms with Crippen LogP contribution in [-0.2, 0) is 16.1 Å². The monoisotopic (exact) mass is 281 g/mol. The van der Waals surface area contributed by atoms with Crippen molar-refractivity contribution < 1.29 is 19.0 Å². The van der Waals surface area contributed by atoms with Gasteiger partial charge in [0.1, 0.15) is 11.5 Å². The molecule has 1 aromatic carbocycles. The van der Waals surface area contributed by atoms with E-state index in [0.717, 1.165) is 17.1 Å². The molecule has 1 unspecified atom stereocenters. The summed E-state index contributed by atoms with van der Waals surface area (Å²) in [5.41, 5.74) is 1.02. The fourth-order valence-corrected chi connectivity index (χ4v) is 2.10. The fourth-order valence-electron chi connectivity index (χ4n) is 2.10. The van der Waals surface area contributed by atoms with E-state index in [9.17, 15) is 4.79 Å². The third-order valence-electron chi connectivity index (χ3n) is 3.12. The first-order valence-electron chi connectivity index (χ1n) is 6.49. The molecular formula is C15H23NO4. The van der Waals surface area contributed by atoms with Crippen LogP contribution in [0.2, 0.25) is 0 Å². The summed E-state index contributed by atoms with van der Waals surface area (Å²) in [5.74, 6) is 1.23. The number of carbonyl (C=O) groups excluding carboxylic acids is 1. The molecule has 0 amide bonds. The van der Waals surface area contributed by atoms with Gasteiger partial charge in [-0.15, -0.1) is 0 Å². The van der Waals surface area contributed by atoms with Gasteiger partial charge in [-0.2, -0.15) is 0 Å². The van der Waals surface area contributed by atoms with E-state index in [0.29, 0.717) is 13.1 Å². The van der Waals surface area contributed by atoms with Crippen LogP contribution in [0.3, 0.4) is 0 Å². The molecule has 1 atom stereocenters. The van der Waals surface area contributed by atoms with Crippen molar-refractivity contribution in [3.8, 4) is 11.5 Å². The molecule has 0 saturated carbocycles. The molecule has 5 heteroatoms. The Morgan fingerprint density at radius 1 is 1.25 bits per heavy atom. The molecule has 0 aliphatic carbocycles. The van der Waals surface area contributed by atoms with Gasteiger partial charge in [-0.05, 0) is 25.2 Å². The van der Waals surface area contributed by atoms with Crippen LogP contribution in [0.15, 0.2) is 18.2 Å². The second-order valence-corrected chi connectivity index (χ2v) is 4.80. The Bertz CT molecular complexity index is 447. The zero-order chi connectivity index (χ0) is 15.1. The molecule has 0 heterocycles. The molecule has 0 saturated heterocycles. The molecule has 0 bridgehead atoms. The topological polar surface area (TPSA) is 48.0 Å². The van der Waals surface area contributed by atoms with Crippen molar-refractivity contribution in [1.82, 2.24) is 4.90 Å². The number of benzene rings is 1. The Morgan fingerprint density at radius 2 is 1.95 bits per heavy atom. The van der Waals surface area contributed by atoms with Crippen LogP contribution in [0, 0.1) is 5.92 Å². The summed E-state index contributed by atoms with van der Waals surface area (Å²) in [6, 6.07) is 5.68. The lowest BCUT2D eigenvalue weighted by molar-refractivity contribution is -0.145. The first kappa shape index (κ1) is 16.3. The quantitative estimate of drug-likeness (QED) is 0.715. The van der Waals surface area contributed by atoms with Gasteiger partial charge in [0.05, 0.1) is 27.2 Å². The van der Waals surface area contributed by atoms with Gasteiger partial charge in [0.25, 0.3) is 0 Å². The molecule has 112 valence electrons. The molecule has 0 fully saturated rings. The first-order chi connectivity index (χ1) is 9.51. The van der Waals surface area contributed by atoms with Crippen LogP contribution < -0.4 is 9.47 Å². The number of methoxy groups -OCH3 is 3. The summed E-state index contributed by atoms with van der Waals surface area (Å²) < 4.78 is 15.3. The molecule has 1 aromatic rings. The van der Waals surface area contributed by atoms with Crippen molar-refractivity contribution in [1.29, 1.82) is 0 Å². The zero-order valence-corrected chi connectivity index (χ0v) is 12.8. The lowest BCUT2D eigenvalue weighted by Crippen LogP contribution is -2.29. The highest BCUT2D eigenvalue weighted by molar-refractivity contribution is 5.72. The number of nitrogens with zero attached hydrogens (tertiary/aromatic N) is 1. The van der Waals surface area contributed by atoms with E-state index < -0.39 is 0 Å². The molecule has 5 nitrogen and oxygen atoms in total. The maximum absolute atomic E-state index is 11.4. The van der Waals surface area contributed by atoms with Gasteiger partial charge in [-0.25, -0.2) is 0 Å². The van der Waals surface area contributed by atoms with Gasteiger partial charge in [-0.3, -0.25) is 4.79 Å². The average Bonchev–Trinajstić information content (AvgIpc) is 2.45. The van der Waals surface area contributed by atoms with Gasteiger partial charge in [0.15, 0.2) is 0 Å². The van der Waals surface area contributed by atoms with E-state index in [1.165, 1.54) is 7.11 Å². The highest BCUT2D eigenvalue weighted by Crippen LogP contribution is 2.25. The predicted molar refractivity (Wildman–Crippen MR) is 77.1 cm³/mol. The van der Waals surface area contributed by atoms with E-state index in [1.54, 1.807) is 14.2 Å². The number of esters is 1. The van der Waals surface area contributed by atoms with Gasteiger partial charge < -0.3 is 19.1 Å². The SMILES string of the molecule is COC(=O)C(C)CN(C)Cc1cc(OC)ccc1OC. The lowest BCUT2D eigenvalue weighted by Gasteiger charge is -2.21. The third kappa shape index (κ3) is 4.42. The van der Waals surface area contributed by atoms with E-state index in [-0.39, 0.29) is 11.9 Å². The van der Waals surface area contributed by atoms with Crippen molar-refractivity contribution in [3.05, 3.63) is 23.8 Å². The second kappa shape index (κ2) is 7.75. The molecule has 1 rings (SSSR count). The number of ether oxygens (including phenoxy) is 3. The predicted octanol–water partition coefficient (Wildman–Crippen LogP) is 1.94. The lowest BCUT2D eigenvalue weighted by atomic mass is 10.1. The Kier molecular flexibility index (Phi) is 6.31. The first-order valence-corrected chi connectivity index (χ1v) is 6.49. The molecule has 0 aromatic heterocycles. The Morgan fingerprint density at radius 3 is 2.50 bits per heavy atom. The van der Waals surface area contributed by atoms with Crippen LogP contribution in [0.4, 0.5) is 0 Å². The minimum Gasteiger partial charge on any atom is -0.497 e. The average molecular weight is 281 g/mol. The van der Waals surface area contributed by atoms with E-state index in [1.807, 2.05) is 32.2 Å². The molecule has 0 aliphatic heterocycles. The van der Waals surface area contributed by atoms with E-state index in [2.05, 4.69) is 4.90 Å². The minimum absolute atomic E-state index is 0.165. The maximum atomic E-state index is 11.4. The van der Waals surface area contributed by atoms with Crippen molar-refractivity contribution in [3.63, 3.8) is 0 Å². The van der Waals surface area contributed by atoms with Crippen LogP contribution in [0.5, 0.6) is 11.5 Å². The largest absolute Gasteiger partial charge is 0.497 e. The molecule has 0 spiro atoms. The second-order valence-electron chi connectivity index (χ2n) is 4.80. The Labute approximate surface area is 120 Å². The van der Waals surface area contributed by atoms with Crippen molar-refractivity contribution in [2.24, 2.45) is 5.92 Å². The summed E-state index contributed by atoms with van der Waals surface area (Å²) in [6.45, 7) is 3.14. The summed E-state index contributed by atoms with van der Waals surface area (Å²) in [7, 11) is 6.64. The van der Waals surface area contributed by atoms with Crippen LogP contribution in [0.25, 0.3) is 0 Å². The fraction of sp³-hybridized carbons (Fsp3) is 0.533. The molecule has 0 N–H and O–H groups in total.